The summed E-state index contributed by atoms with van der Waals surface area (Å²) in [7, 11) is 0. The van der Waals surface area contributed by atoms with Gasteiger partial charge in [0, 0.05) is 16.7 Å². The molecule has 2 aromatic rings. The molecule has 2 aliphatic rings. The number of benzene rings is 1. The lowest BCUT2D eigenvalue weighted by molar-refractivity contribution is -0.198. The van der Waals surface area contributed by atoms with Gasteiger partial charge in [-0.15, -0.1) is 0 Å². The van der Waals surface area contributed by atoms with Crippen LogP contribution in [0.4, 0.5) is 19.1 Å². The maximum absolute atomic E-state index is 14.4. The number of alkyl halides is 3. The van der Waals surface area contributed by atoms with Crippen molar-refractivity contribution >= 4 is 34.7 Å². The van der Waals surface area contributed by atoms with Gasteiger partial charge < -0.3 is 26.0 Å². The van der Waals surface area contributed by atoms with Gasteiger partial charge in [0.1, 0.15) is 6.04 Å². The third-order valence-electron chi connectivity index (χ3n) is 6.56. The van der Waals surface area contributed by atoms with E-state index in [9.17, 15) is 18.0 Å². The molecule has 8 nitrogen and oxygen atoms in total. The van der Waals surface area contributed by atoms with E-state index < -0.39 is 24.3 Å². The average Bonchev–Trinajstić information content (AvgIpc) is 2.87. The number of allylic oxidation sites excluding steroid dienone is 2. The highest BCUT2D eigenvalue weighted by Crippen LogP contribution is 2.41. The number of aliphatic carboxylic acids is 1. The summed E-state index contributed by atoms with van der Waals surface area (Å²) < 4.78 is 54.0. The quantitative estimate of drug-likeness (QED) is 0.408. The number of nitrogens with two attached hydrogens (primary N) is 2. The van der Waals surface area contributed by atoms with Gasteiger partial charge in [-0.25, -0.2) is 4.98 Å². The van der Waals surface area contributed by atoms with Gasteiger partial charge in [0.15, 0.2) is 0 Å². The summed E-state index contributed by atoms with van der Waals surface area (Å²) >= 11 is 6.13. The fraction of sp³-hybridized carbons (Fsp3) is 0.423. The molecule has 0 amide bonds. The fourth-order valence-corrected chi connectivity index (χ4v) is 4.84. The largest absolute Gasteiger partial charge is 0.480 e. The van der Waals surface area contributed by atoms with E-state index in [1.807, 2.05) is 12.2 Å². The highest BCUT2D eigenvalue weighted by atomic mass is 35.5. The van der Waals surface area contributed by atoms with Crippen molar-refractivity contribution < 1.29 is 32.5 Å². The standard InChI is InChI=1S/C26H28ClF3N4O4/c27-17-7-8-18(19(11-17)16-2-1-9-37-13-16)23(26(28,29)30)38-22-12-21(33-25(32)34-22)15-5-3-14(4-6-15)10-20(31)24(35)36/h2,5,7-8,11-12,14,20,23H,1,3-4,6,9-10,13,31H2,(H,35,36)(H2,32,33,34)/t14-,20?,23+/m0/s1. The van der Waals surface area contributed by atoms with Crippen LogP contribution in [0.3, 0.4) is 0 Å². The zero-order valence-electron chi connectivity index (χ0n) is 20.4. The first-order valence-electron chi connectivity index (χ1n) is 12.1. The van der Waals surface area contributed by atoms with Crippen LogP contribution in [0.1, 0.15) is 55.0 Å². The third kappa shape index (κ3) is 6.83. The topological polar surface area (TPSA) is 134 Å². The number of ether oxygens (including phenoxy) is 2. The first-order chi connectivity index (χ1) is 18.0. The molecule has 12 heteroatoms. The monoisotopic (exact) mass is 552 g/mol. The molecule has 0 fully saturated rings. The van der Waals surface area contributed by atoms with Crippen molar-refractivity contribution in [2.45, 2.75) is 50.4 Å². The lowest BCUT2D eigenvalue weighted by atomic mass is 9.84. The summed E-state index contributed by atoms with van der Waals surface area (Å²) in [5, 5.41) is 9.33. The molecule has 1 aromatic carbocycles. The fourth-order valence-electron chi connectivity index (χ4n) is 4.67. The number of rotatable bonds is 8. The molecule has 1 unspecified atom stereocenters. The molecule has 1 aromatic heterocycles. The first kappa shape index (κ1) is 27.9. The number of carbonyl (C=O) groups is 1. The molecule has 0 spiro atoms. The molecule has 0 bridgehead atoms. The van der Waals surface area contributed by atoms with E-state index in [0.29, 0.717) is 55.5 Å². The Morgan fingerprint density at radius 1 is 1.24 bits per heavy atom. The second-order valence-electron chi connectivity index (χ2n) is 9.34. The summed E-state index contributed by atoms with van der Waals surface area (Å²) in [6, 6.07) is 4.54. The summed E-state index contributed by atoms with van der Waals surface area (Å²) in [5.41, 5.74) is 13.4. The van der Waals surface area contributed by atoms with E-state index in [0.717, 1.165) is 5.57 Å². The minimum atomic E-state index is -4.78. The molecule has 1 aliphatic carbocycles. The molecule has 204 valence electrons. The van der Waals surface area contributed by atoms with Crippen molar-refractivity contribution in [3.05, 3.63) is 58.3 Å². The van der Waals surface area contributed by atoms with Gasteiger partial charge >= 0.3 is 12.1 Å². The van der Waals surface area contributed by atoms with Crippen LogP contribution >= 0.6 is 11.6 Å². The van der Waals surface area contributed by atoms with Crippen LogP contribution in [0, 0.1) is 5.92 Å². The van der Waals surface area contributed by atoms with Gasteiger partial charge in [-0.1, -0.05) is 29.8 Å². The number of hydrogen-bond acceptors (Lipinski definition) is 7. The lowest BCUT2D eigenvalue weighted by Crippen LogP contribution is -2.32. The number of anilines is 1. The van der Waals surface area contributed by atoms with Crippen LogP contribution in [0.15, 0.2) is 36.4 Å². The van der Waals surface area contributed by atoms with Crippen molar-refractivity contribution in [3.8, 4) is 5.88 Å². The lowest BCUT2D eigenvalue weighted by Gasteiger charge is -2.26. The maximum Gasteiger partial charge on any atom is 0.429 e. The Hall–Kier alpha value is -3.15. The Bertz CT molecular complexity index is 1250. The van der Waals surface area contributed by atoms with E-state index in [1.165, 1.54) is 24.3 Å². The summed E-state index contributed by atoms with van der Waals surface area (Å²) in [4.78, 5) is 19.1. The Morgan fingerprint density at radius 3 is 2.66 bits per heavy atom. The van der Waals surface area contributed by atoms with Crippen LogP contribution in [0.2, 0.25) is 5.02 Å². The smallest absolute Gasteiger partial charge is 0.429 e. The van der Waals surface area contributed by atoms with E-state index in [1.54, 1.807) is 0 Å². The number of halogens is 4. The van der Waals surface area contributed by atoms with Gasteiger partial charge in [-0.05, 0) is 66.9 Å². The predicted octanol–water partition coefficient (Wildman–Crippen LogP) is 5.18. The maximum atomic E-state index is 14.4. The molecule has 0 saturated carbocycles. The van der Waals surface area contributed by atoms with Gasteiger partial charge in [0.2, 0.25) is 17.9 Å². The van der Waals surface area contributed by atoms with Crippen molar-refractivity contribution in [1.82, 2.24) is 9.97 Å². The number of hydrogen-bond donors (Lipinski definition) is 3. The predicted molar refractivity (Wildman–Crippen MR) is 136 cm³/mol. The zero-order chi connectivity index (χ0) is 27.4. The number of carboxylic acids is 1. The highest BCUT2D eigenvalue weighted by molar-refractivity contribution is 6.30. The normalized spacial score (nSPS) is 19.8. The molecule has 0 saturated heterocycles. The van der Waals surface area contributed by atoms with Crippen molar-refractivity contribution in [2.75, 3.05) is 18.9 Å². The molecule has 3 atom stereocenters. The molecule has 0 radical (unpaired) electrons. The molecule has 5 N–H and O–H groups in total. The summed E-state index contributed by atoms with van der Waals surface area (Å²) in [6.07, 6.45) is -0.760. The molecule has 2 heterocycles. The minimum absolute atomic E-state index is 0.0794. The molecule has 1 aliphatic heterocycles. The van der Waals surface area contributed by atoms with Crippen LogP contribution in [0.25, 0.3) is 11.1 Å². The molecule has 4 rings (SSSR count). The van der Waals surface area contributed by atoms with Gasteiger partial charge in [0.25, 0.3) is 0 Å². The van der Waals surface area contributed by atoms with Crippen LogP contribution in [-0.4, -0.2) is 46.5 Å². The van der Waals surface area contributed by atoms with Crippen LogP contribution < -0.4 is 16.2 Å². The van der Waals surface area contributed by atoms with Crippen molar-refractivity contribution in [1.29, 1.82) is 0 Å². The van der Waals surface area contributed by atoms with Gasteiger partial charge in [0.05, 0.1) is 18.9 Å². The second kappa shape index (κ2) is 11.7. The van der Waals surface area contributed by atoms with E-state index in [4.69, 9.17) is 37.6 Å². The van der Waals surface area contributed by atoms with Gasteiger partial charge in [-0.3, -0.25) is 4.79 Å². The zero-order valence-corrected chi connectivity index (χ0v) is 21.1. The Kier molecular flexibility index (Phi) is 8.59. The summed E-state index contributed by atoms with van der Waals surface area (Å²) in [6.45, 7) is 0.652. The third-order valence-corrected chi connectivity index (χ3v) is 6.80. The number of carboxylic acid groups (broad SMARTS) is 1. The van der Waals surface area contributed by atoms with E-state index in [2.05, 4.69) is 9.97 Å². The molecular weight excluding hydrogens is 525 g/mol. The Labute approximate surface area is 222 Å². The summed E-state index contributed by atoms with van der Waals surface area (Å²) in [5.74, 6) is -1.52. The van der Waals surface area contributed by atoms with Crippen LogP contribution in [0.5, 0.6) is 5.88 Å². The minimum Gasteiger partial charge on any atom is -0.480 e. The average molecular weight is 553 g/mol. The van der Waals surface area contributed by atoms with Crippen LogP contribution in [-0.2, 0) is 9.53 Å². The number of aromatic nitrogens is 2. The second-order valence-corrected chi connectivity index (χ2v) is 9.78. The van der Waals surface area contributed by atoms with E-state index >= 15 is 0 Å². The number of nitrogens with zero attached hydrogens (tertiary/aromatic N) is 2. The SMILES string of the molecule is Nc1nc(O[C@H](c2ccc(Cl)cc2C2=CCCOC2)C(F)(F)F)cc(C2=CC[C@H](CC(N)C(=O)O)CC2)n1. The first-order valence-corrected chi connectivity index (χ1v) is 12.5. The molecular formula is C26H28ClF3N4O4. The van der Waals surface area contributed by atoms with Crippen molar-refractivity contribution in [3.63, 3.8) is 0 Å². The number of nitrogen functional groups attached to an aromatic ring is 1. The van der Waals surface area contributed by atoms with Gasteiger partial charge in [-0.2, -0.15) is 18.2 Å². The Morgan fingerprint density at radius 2 is 2.03 bits per heavy atom. The van der Waals surface area contributed by atoms with Crippen molar-refractivity contribution in [2.24, 2.45) is 11.7 Å². The Balaban J connectivity index is 1.62. The molecule has 38 heavy (non-hydrogen) atoms. The van der Waals surface area contributed by atoms with E-state index in [-0.39, 0.29) is 34.9 Å². The highest BCUT2D eigenvalue weighted by Gasteiger charge is 2.45.